The minimum atomic E-state index is 0.745. The van der Waals surface area contributed by atoms with E-state index >= 15 is 0 Å². The van der Waals surface area contributed by atoms with Crippen LogP contribution in [0.2, 0.25) is 0 Å². The fourth-order valence-corrected chi connectivity index (χ4v) is 1.73. The van der Waals surface area contributed by atoms with Crippen molar-refractivity contribution < 1.29 is 0 Å². The van der Waals surface area contributed by atoms with Gasteiger partial charge in [-0.05, 0) is 19.3 Å². The lowest BCUT2D eigenvalue weighted by molar-refractivity contribution is 0.323. The summed E-state index contributed by atoms with van der Waals surface area (Å²) < 4.78 is 0. The minimum absolute atomic E-state index is 0.745. The molecule has 1 saturated heterocycles. The molecule has 2 heteroatoms. The molecule has 0 aromatic heterocycles. The molecule has 1 heterocycles. The van der Waals surface area contributed by atoms with Gasteiger partial charge < -0.3 is 10.6 Å². The van der Waals surface area contributed by atoms with Crippen molar-refractivity contribution in [2.75, 3.05) is 13.1 Å². The molecule has 0 aromatic rings. The molecule has 2 fully saturated rings. The van der Waals surface area contributed by atoms with E-state index in [1.807, 2.05) is 0 Å². The molecule has 2 rings (SSSR count). The van der Waals surface area contributed by atoms with Crippen molar-refractivity contribution >= 4 is 0 Å². The van der Waals surface area contributed by atoms with Gasteiger partial charge in [-0.15, -0.1) is 0 Å². The monoisotopic (exact) mass is 154 g/mol. The van der Waals surface area contributed by atoms with Crippen LogP contribution in [-0.2, 0) is 0 Å². The molecule has 2 aliphatic rings. The Bertz CT molecular complexity index is 128. The summed E-state index contributed by atoms with van der Waals surface area (Å²) in [6.07, 6.45) is 4.36. The summed E-state index contributed by atoms with van der Waals surface area (Å²) in [7, 11) is 0. The van der Waals surface area contributed by atoms with Crippen LogP contribution in [0.1, 0.15) is 26.2 Å². The fraction of sp³-hybridized carbons (Fsp3) is 1.00. The molecule has 2 nitrogen and oxygen atoms in total. The van der Waals surface area contributed by atoms with E-state index in [1.54, 1.807) is 0 Å². The van der Waals surface area contributed by atoms with Crippen LogP contribution < -0.4 is 10.6 Å². The lowest BCUT2D eigenvalue weighted by Gasteiger charge is -2.31. The first-order valence-corrected chi connectivity index (χ1v) is 4.81. The second kappa shape index (κ2) is 3.11. The Kier molecular flexibility index (Phi) is 2.14. The van der Waals surface area contributed by atoms with Crippen molar-refractivity contribution in [3.05, 3.63) is 0 Å². The van der Waals surface area contributed by atoms with Crippen LogP contribution in [-0.4, -0.2) is 25.2 Å². The first kappa shape index (κ1) is 7.56. The van der Waals surface area contributed by atoms with Crippen LogP contribution in [0.25, 0.3) is 0 Å². The maximum Gasteiger partial charge on any atom is 0.0319 e. The summed E-state index contributed by atoms with van der Waals surface area (Å²) in [6.45, 7) is 4.67. The third-order valence-corrected chi connectivity index (χ3v) is 2.69. The summed E-state index contributed by atoms with van der Waals surface area (Å²) in [5.74, 6) is 1.06. The number of hydrogen-bond acceptors (Lipinski definition) is 2. The van der Waals surface area contributed by atoms with Gasteiger partial charge in [0.1, 0.15) is 0 Å². The van der Waals surface area contributed by atoms with Gasteiger partial charge in [0.05, 0.1) is 0 Å². The molecule has 64 valence electrons. The molecule has 1 aliphatic heterocycles. The van der Waals surface area contributed by atoms with Gasteiger partial charge in [0.2, 0.25) is 0 Å². The van der Waals surface area contributed by atoms with Crippen molar-refractivity contribution in [3.8, 4) is 0 Å². The average molecular weight is 154 g/mol. The van der Waals surface area contributed by atoms with E-state index in [-0.39, 0.29) is 0 Å². The van der Waals surface area contributed by atoms with E-state index < -0.39 is 0 Å². The topological polar surface area (TPSA) is 24.1 Å². The van der Waals surface area contributed by atoms with Crippen molar-refractivity contribution in [1.29, 1.82) is 0 Å². The smallest absolute Gasteiger partial charge is 0.0319 e. The van der Waals surface area contributed by atoms with Crippen LogP contribution in [0.3, 0.4) is 0 Å². The Balaban J connectivity index is 1.59. The fourth-order valence-electron chi connectivity index (χ4n) is 1.73. The molecule has 1 atom stereocenters. The zero-order valence-corrected chi connectivity index (χ0v) is 7.27. The quantitative estimate of drug-likeness (QED) is 0.624. The number of hydrogen-bond donors (Lipinski definition) is 2. The van der Waals surface area contributed by atoms with Crippen LogP contribution in [0, 0.1) is 5.92 Å². The van der Waals surface area contributed by atoms with E-state index in [2.05, 4.69) is 17.6 Å². The third kappa shape index (κ3) is 2.17. The lowest BCUT2D eigenvalue weighted by Crippen LogP contribution is -2.57. The largest absolute Gasteiger partial charge is 0.314 e. The molecule has 0 radical (unpaired) electrons. The maximum atomic E-state index is 3.63. The van der Waals surface area contributed by atoms with E-state index in [0.29, 0.717) is 0 Å². The van der Waals surface area contributed by atoms with E-state index in [1.165, 1.54) is 32.4 Å². The maximum absolute atomic E-state index is 3.63. The van der Waals surface area contributed by atoms with Crippen molar-refractivity contribution in [2.24, 2.45) is 5.92 Å². The Morgan fingerprint density at radius 3 is 2.64 bits per heavy atom. The van der Waals surface area contributed by atoms with Crippen LogP contribution >= 0.6 is 0 Å². The highest BCUT2D eigenvalue weighted by atomic mass is 15.1. The normalized spacial score (nSPS) is 28.1. The molecule has 0 bridgehead atoms. The van der Waals surface area contributed by atoms with Crippen LogP contribution in [0.15, 0.2) is 0 Å². The second-order valence-corrected chi connectivity index (χ2v) is 4.10. The first-order chi connectivity index (χ1) is 5.34. The van der Waals surface area contributed by atoms with Gasteiger partial charge in [0, 0.05) is 25.2 Å². The highest BCUT2D eigenvalue weighted by molar-refractivity contribution is 4.86. The van der Waals surface area contributed by atoms with Crippen molar-refractivity contribution in [1.82, 2.24) is 10.6 Å². The Morgan fingerprint density at radius 1 is 1.45 bits per heavy atom. The van der Waals surface area contributed by atoms with E-state index in [0.717, 1.165) is 18.0 Å². The van der Waals surface area contributed by atoms with Gasteiger partial charge in [0.15, 0.2) is 0 Å². The van der Waals surface area contributed by atoms with E-state index in [4.69, 9.17) is 0 Å². The third-order valence-electron chi connectivity index (χ3n) is 2.69. The van der Waals surface area contributed by atoms with Crippen molar-refractivity contribution in [3.63, 3.8) is 0 Å². The molecule has 1 aliphatic carbocycles. The molecule has 0 spiro atoms. The van der Waals surface area contributed by atoms with Crippen LogP contribution in [0.5, 0.6) is 0 Å². The molecule has 0 aromatic carbocycles. The molecular weight excluding hydrogens is 136 g/mol. The zero-order valence-electron chi connectivity index (χ0n) is 7.27. The molecular formula is C9H18N2. The summed E-state index contributed by atoms with van der Waals surface area (Å²) >= 11 is 0. The summed E-state index contributed by atoms with van der Waals surface area (Å²) in [5.41, 5.74) is 0. The average Bonchev–Trinajstić information content (AvgIpc) is 2.62. The van der Waals surface area contributed by atoms with Gasteiger partial charge in [0.25, 0.3) is 0 Å². The predicted octanol–water partition coefficient (Wildman–Crippen LogP) is 0.736. The van der Waals surface area contributed by atoms with Gasteiger partial charge in [-0.25, -0.2) is 0 Å². The van der Waals surface area contributed by atoms with E-state index in [9.17, 15) is 0 Å². The summed E-state index contributed by atoms with van der Waals surface area (Å²) in [4.78, 5) is 0. The molecule has 1 saturated carbocycles. The Morgan fingerprint density at radius 2 is 2.18 bits per heavy atom. The molecule has 1 unspecified atom stereocenters. The molecule has 0 amide bonds. The SMILES string of the molecule is CC(CC1CC1)NC1CNC1. The highest BCUT2D eigenvalue weighted by Crippen LogP contribution is 2.33. The first-order valence-electron chi connectivity index (χ1n) is 4.81. The molecule has 11 heavy (non-hydrogen) atoms. The van der Waals surface area contributed by atoms with Gasteiger partial charge in [-0.3, -0.25) is 0 Å². The van der Waals surface area contributed by atoms with Gasteiger partial charge in [-0.2, -0.15) is 0 Å². The van der Waals surface area contributed by atoms with Crippen LogP contribution in [0.4, 0.5) is 0 Å². The number of rotatable bonds is 4. The summed E-state index contributed by atoms with van der Waals surface area (Å²) in [5, 5.41) is 6.90. The summed E-state index contributed by atoms with van der Waals surface area (Å²) in [6, 6.07) is 1.51. The highest BCUT2D eigenvalue weighted by Gasteiger charge is 2.25. The predicted molar refractivity (Wildman–Crippen MR) is 46.6 cm³/mol. The minimum Gasteiger partial charge on any atom is -0.314 e. The Labute approximate surface area is 68.7 Å². The molecule has 2 N–H and O–H groups in total. The zero-order chi connectivity index (χ0) is 7.68. The van der Waals surface area contributed by atoms with Gasteiger partial charge in [-0.1, -0.05) is 12.8 Å². The standard InChI is InChI=1S/C9H18N2/c1-7(4-8-2-3-8)11-9-5-10-6-9/h7-11H,2-6H2,1H3. The van der Waals surface area contributed by atoms with Gasteiger partial charge >= 0.3 is 0 Å². The van der Waals surface area contributed by atoms with Crippen molar-refractivity contribution in [2.45, 2.75) is 38.3 Å². The lowest BCUT2D eigenvalue weighted by atomic mass is 10.1. The number of nitrogens with one attached hydrogen (secondary N) is 2. The Hall–Kier alpha value is -0.0800. The second-order valence-electron chi connectivity index (χ2n) is 4.10.